The molecule has 2 N–H and O–H groups in total. The number of piperidine rings is 1. The summed E-state index contributed by atoms with van der Waals surface area (Å²) >= 11 is 0. The number of hydrogen-bond donors (Lipinski definition) is 2. The Bertz CT molecular complexity index is 1380. The lowest BCUT2D eigenvalue weighted by molar-refractivity contribution is -0.142. The van der Waals surface area contributed by atoms with Gasteiger partial charge in [0.15, 0.2) is 0 Å². The molecule has 2 aromatic carbocycles. The number of alkyl halides is 3. The Labute approximate surface area is 242 Å². The molecule has 2 aromatic rings. The molecule has 2 aliphatic heterocycles. The van der Waals surface area contributed by atoms with E-state index in [1.54, 1.807) is 12.1 Å². The number of amides is 2. The minimum absolute atomic E-state index is 0.0311. The Morgan fingerprint density at radius 3 is 2.26 bits per heavy atom. The number of nitrogens with zero attached hydrogens (tertiary/aromatic N) is 2. The van der Waals surface area contributed by atoms with Crippen molar-refractivity contribution in [1.82, 2.24) is 14.5 Å². The number of likely N-dealkylation sites (tertiary alicyclic amines) is 1. The monoisotopic (exact) mass is 610 g/mol. The van der Waals surface area contributed by atoms with Crippen LogP contribution in [0.15, 0.2) is 48.5 Å². The third kappa shape index (κ3) is 6.72. The summed E-state index contributed by atoms with van der Waals surface area (Å²) in [5.74, 6) is -1.52. The molecule has 3 aliphatic rings. The molecule has 2 heterocycles. The first-order valence-electron chi connectivity index (χ1n) is 14.2. The van der Waals surface area contributed by atoms with Gasteiger partial charge in [0.1, 0.15) is 11.9 Å². The van der Waals surface area contributed by atoms with Gasteiger partial charge in [-0.25, -0.2) is 17.1 Å². The maximum atomic E-state index is 13.5. The summed E-state index contributed by atoms with van der Waals surface area (Å²) in [6.45, 7) is 0.836. The van der Waals surface area contributed by atoms with Crippen molar-refractivity contribution in [3.8, 4) is 0 Å². The Kier molecular flexibility index (Phi) is 8.79. The number of hydrogen-bond acceptors (Lipinski definition) is 5. The first-order valence-corrected chi connectivity index (χ1v) is 15.7. The highest BCUT2D eigenvalue weighted by molar-refractivity contribution is 7.89. The van der Waals surface area contributed by atoms with Crippen LogP contribution in [0.4, 0.5) is 23.2 Å². The molecule has 0 spiro atoms. The Balaban J connectivity index is 1.13. The van der Waals surface area contributed by atoms with E-state index in [9.17, 15) is 35.6 Å². The molecule has 2 saturated heterocycles. The van der Waals surface area contributed by atoms with E-state index in [1.807, 2.05) is 0 Å². The quantitative estimate of drug-likeness (QED) is 0.438. The molecule has 0 aromatic heterocycles. The Hall–Kier alpha value is -3.19. The predicted molar refractivity (Wildman–Crippen MR) is 148 cm³/mol. The van der Waals surface area contributed by atoms with Crippen LogP contribution in [0.5, 0.6) is 0 Å². The topological polar surface area (TPSA) is 98.8 Å². The number of rotatable bonds is 8. The second-order valence-corrected chi connectivity index (χ2v) is 13.5. The molecule has 13 heteroatoms. The largest absolute Gasteiger partial charge is 0.416 e. The molecule has 42 heavy (non-hydrogen) atoms. The van der Waals surface area contributed by atoms with E-state index in [1.165, 1.54) is 33.5 Å². The van der Waals surface area contributed by atoms with Crippen LogP contribution in [0.1, 0.15) is 49.7 Å². The van der Waals surface area contributed by atoms with Crippen molar-refractivity contribution in [1.29, 1.82) is 0 Å². The lowest BCUT2D eigenvalue weighted by Crippen LogP contribution is -2.54. The highest BCUT2D eigenvalue weighted by Gasteiger charge is 2.45. The Morgan fingerprint density at radius 1 is 0.929 bits per heavy atom. The normalized spacial score (nSPS) is 25.1. The number of benzene rings is 2. The highest BCUT2D eigenvalue weighted by Crippen LogP contribution is 2.34. The van der Waals surface area contributed by atoms with Crippen LogP contribution in [-0.4, -0.2) is 66.4 Å². The second kappa shape index (κ2) is 12.2. The zero-order valence-corrected chi connectivity index (χ0v) is 23.8. The standard InChI is InChI=1S/C29H34F4N4O4S/c30-22-9-11-23(12-10-22)35-24-15-25(16-24)42(40,41)36-13-1-3-20(18-36)28(39)37-14-2-4-26(37)27(38)34-17-19-5-7-21(8-6-19)29(31,32)33/h5-12,20,24-26,35H,1-4,13-18H2,(H,34,38)/t20-,24?,25?,26+/m0/s1. The van der Waals surface area contributed by atoms with Gasteiger partial charge in [0, 0.05) is 37.9 Å². The third-order valence-corrected chi connectivity index (χ3v) is 10.7. The molecule has 2 amide bonds. The van der Waals surface area contributed by atoms with Gasteiger partial charge < -0.3 is 15.5 Å². The molecule has 3 fully saturated rings. The van der Waals surface area contributed by atoms with Crippen LogP contribution >= 0.6 is 0 Å². The smallest absolute Gasteiger partial charge is 0.382 e. The van der Waals surface area contributed by atoms with Gasteiger partial charge >= 0.3 is 6.18 Å². The number of nitrogens with one attached hydrogen (secondary N) is 2. The van der Waals surface area contributed by atoms with Crippen molar-refractivity contribution >= 4 is 27.5 Å². The SMILES string of the molecule is O=C(NCc1ccc(C(F)(F)F)cc1)[C@H]1CCCN1C(=O)[C@H]1CCCN(S(=O)(=O)C2CC(Nc3ccc(F)cc3)C2)C1. The van der Waals surface area contributed by atoms with Gasteiger partial charge in [0.05, 0.1) is 16.7 Å². The van der Waals surface area contributed by atoms with Gasteiger partial charge in [-0.15, -0.1) is 0 Å². The van der Waals surface area contributed by atoms with Gasteiger partial charge in [-0.3, -0.25) is 9.59 Å². The van der Waals surface area contributed by atoms with E-state index in [4.69, 9.17) is 0 Å². The molecule has 1 saturated carbocycles. The van der Waals surface area contributed by atoms with E-state index in [-0.39, 0.29) is 36.8 Å². The molecule has 0 radical (unpaired) electrons. The number of carbonyl (C=O) groups excluding carboxylic acids is 2. The highest BCUT2D eigenvalue weighted by atomic mass is 32.2. The van der Waals surface area contributed by atoms with Crippen molar-refractivity contribution in [2.24, 2.45) is 5.92 Å². The van der Waals surface area contributed by atoms with Gasteiger partial charge in [-0.05, 0) is 80.5 Å². The molecule has 0 bridgehead atoms. The zero-order valence-electron chi connectivity index (χ0n) is 22.9. The van der Waals surface area contributed by atoms with E-state index in [2.05, 4.69) is 10.6 Å². The van der Waals surface area contributed by atoms with Crippen molar-refractivity contribution in [2.75, 3.05) is 25.0 Å². The number of halogens is 4. The lowest BCUT2D eigenvalue weighted by atomic mass is 9.92. The number of sulfonamides is 1. The minimum Gasteiger partial charge on any atom is -0.382 e. The summed E-state index contributed by atoms with van der Waals surface area (Å²) in [5, 5.41) is 5.40. The van der Waals surface area contributed by atoms with Crippen LogP contribution in [0.25, 0.3) is 0 Å². The molecule has 5 rings (SSSR count). The predicted octanol–water partition coefficient (Wildman–Crippen LogP) is 4.14. The van der Waals surface area contributed by atoms with Gasteiger partial charge in [-0.2, -0.15) is 13.2 Å². The first kappa shape index (κ1) is 30.3. The number of carbonyl (C=O) groups is 2. The van der Waals surface area contributed by atoms with Crippen LogP contribution in [0.3, 0.4) is 0 Å². The molecule has 0 unspecified atom stereocenters. The minimum atomic E-state index is -4.44. The summed E-state index contributed by atoms with van der Waals surface area (Å²) in [6.07, 6.45) is -1.44. The zero-order chi connectivity index (χ0) is 30.1. The molecule has 1 aliphatic carbocycles. The summed E-state index contributed by atoms with van der Waals surface area (Å²) < 4.78 is 79.7. The van der Waals surface area contributed by atoms with Crippen molar-refractivity contribution in [2.45, 2.75) is 68.6 Å². The van der Waals surface area contributed by atoms with Crippen molar-refractivity contribution in [3.05, 3.63) is 65.5 Å². The van der Waals surface area contributed by atoms with Crippen molar-refractivity contribution in [3.63, 3.8) is 0 Å². The summed E-state index contributed by atoms with van der Waals surface area (Å²) in [6, 6.07) is 9.69. The first-order chi connectivity index (χ1) is 19.9. The molecule has 2 atom stereocenters. The average molecular weight is 611 g/mol. The van der Waals surface area contributed by atoms with Gasteiger partial charge in [0.25, 0.3) is 0 Å². The fraction of sp³-hybridized carbons (Fsp3) is 0.517. The Morgan fingerprint density at radius 2 is 1.60 bits per heavy atom. The summed E-state index contributed by atoms with van der Waals surface area (Å²) in [7, 11) is -3.62. The summed E-state index contributed by atoms with van der Waals surface area (Å²) in [5.41, 5.74) is 0.461. The number of anilines is 1. The molecule has 8 nitrogen and oxygen atoms in total. The third-order valence-electron chi connectivity index (χ3n) is 8.41. The van der Waals surface area contributed by atoms with E-state index in [0.717, 1.165) is 17.8 Å². The summed E-state index contributed by atoms with van der Waals surface area (Å²) in [4.78, 5) is 28.0. The van der Waals surface area contributed by atoms with Crippen LogP contribution in [-0.2, 0) is 32.3 Å². The maximum absolute atomic E-state index is 13.5. The van der Waals surface area contributed by atoms with Crippen LogP contribution in [0.2, 0.25) is 0 Å². The van der Waals surface area contributed by atoms with Crippen LogP contribution in [0, 0.1) is 11.7 Å². The molecular weight excluding hydrogens is 576 g/mol. The lowest BCUT2D eigenvalue weighted by Gasteiger charge is -2.41. The maximum Gasteiger partial charge on any atom is 0.416 e. The van der Waals surface area contributed by atoms with E-state index >= 15 is 0 Å². The fourth-order valence-corrected chi connectivity index (χ4v) is 8.09. The average Bonchev–Trinajstić information content (AvgIpc) is 3.44. The second-order valence-electron chi connectivity index (χ2n) is 11.3. The van der Waals surface area contributed by atoms with Gasteiger partial charge in [0.2, 0.25) is 21.8 Å². The van der Waals surface area contributed by atoms with Gasteiger partial charge in [-0.1, -0.05) is 12.1 Å². The molecule has 228 valence electrons. The van der Waals surface area contributed by atoms with Crippen molar-refractivity contribution < 1.29 is 35.6 Å². The van der Waals surface area contributed by atoms with E-state index in [0.29, 0.717) is 57.2 Å². The van der Waals surface area contributed by atoms with Crippen LogP contribution < -0.4 is 10.6 Å². The molecular formula is C29H34F4N4O4S. The van der Waals surface area contributed by atoms with E-state index < -0.39 is 39.0 Å². The fourth-order valence-electron chi connectivity index (χ4n) is 5.95.